The lowest BCUT2D eigenvalue weighted by Crippen LogP contribution is -2.09. The third-order valence-electron chi connectivity index (χ3n) is 3.10. The van der Waals surface area contributed by atoms with Crippen LogP contribution >= 0.6 is 15.9 Å². The first-order chi connectivity index (χ1) is 8.65. The fraction of sp³-hybridized carbons (Fsp3) is 0.571. The number of ether oxygens (including phenoxy) is 2. The quantitative estimate of drug-likeness (QED) is 0.931. The lowest BCUT2D eigenvalue weighted by molar-refractivity contribution is 0.295. The molecule has 0 radical (unpaired) electrons. The van der Waals surface area contributed by atoms with E-state index < -0.39 is 0 Å². The molecule has 0 fully saturated rings. The lowest BCUT2D eigenvalue weighted by Gasteiger charge is -2.20. The molecule has 2 rings (SSSR count). The SMILES string of the molecule is CC(C)c1c(CCN)c(Br)cc2c1OCCCO2. The van der Waals surface area contributed by atoms with E-state index in [4.69, 9.17) is 15.2 Å². The Balaban J connectivity index is 2.58. The highest BCUT2D eigenvalue weighted by Crippen LogP contribution is 2.43. The van der Waals surface area contributed by atoms with E-state index in [1.807, 2.05) is 6.07 Å². The van der Waals surface area contributed by atoms with Crippen molar-refractivity contribution in [2.75, 3.05) is 19.8 Å². The Labute approximate surface area is 117 Å². The molecule has 100 valence electrons. The molecule has 0 saturated carbocycles. The summed E-state index contributed by atoms with van der Waals surface area (Å²) in [6, 6.07) is 2.01. The first kappa shape index (κ1) is 13.7. The molecular weight excluding hydrogens is 294 g/mol. The molecule has 0 amide bonds. The van der Waals surface area contributed by atoms with Crippen LogP contribution in [0.15, 0.2) is 10.5 Å². The monoisotopic (exact) mass is 313 g/mol. The van der Waals surface area contributed by atoms with E-state index in [1.165, 1.54) is 11.1 Å². The van der Waals surface area contributed by atoms with Gasteiger partial charge in [-0.3, -0.25) is 0 Å². The van der Waals surface area contributed by atoms with Crippen molar-refractivity contribution in [3.63, 3.8) is 0 Å². The van der Waals surface area contributed by atoms with E-state index in [9.17, 15) is 0 Å². The first-order valence-corrected chi connectivity index (χ1v) is 7.25. The highest BCUT2D eigenvalue weighted by atomic mass is 79.9. The van der Waals surface area contributed by atoms with E-state index in [0.29, 0.717) is 19.1 Å². The Bertz CT molecular complexity index is 432. The standard InChI is InChI=1S/C14H20BrNO2/c1-9(2)13-10(4-5-16)11(15)8-12-14(13)18-7-3-6-17-12/h8-9H,3-7,16H2,1-2H3. The summed E-state index contributed by atoms with van der Waals surface area (Å²) in [6.45, 7) is 6.42. The van der Waals surface area contributed by atoms with Crippen LogP contribution in [0.5, 0.6) is 11.5 Å². The summed E-state index contributed by atoms with van der Waals surface area (Å²) in [6.07, 6.45) is 1.78. The minimum atomic E-state index is 0.388. The Morgan fingerprint density at radius 3 is 2.72 bits per heavy atom. The zero-order valence-electron chi connectivity index (χ0n) is 11.0. The van der Waals surface area contributed by atoms with Gasteiger partial charge < -0.3 is 15.2 Å². The molecule has 3 nitrogen and oxygen atoms in total. The summed E-state index contributed by atoms with van der Waals surface area (Å²) < 4.78 is 12.7. The van der Waals surface area contributed by atoms with Gasteiger partial charge >= 0.3 is 0 Å². The maximum atomic E-state index is 5.90. The van der Waals surface area contributed by atoms with Crippen LogP contribution in [0.4, 0.5) is 0 Å². The Kier molecular flexibility index (Phi) is 4.51. The largest absolute Gasteiger partial charge is 0.490 e. The second-order valence-corrected chi connectivity index (χ2v) is 5.68. The molecule has 0 unspecified atom stereocenters. The average Bonchev–Trinajstić information content (AvgIpc) is 2.54. The van der Waals surface area contributed by atoms with Gasteiger partial charge in [0.25, 0.3) is 0 Å². The number of hydrogen-bond donors (Lipinski definition) is 1. The molecule has 1 heterocycles. The number of halogens is 1. The molecule has 18 heavy (non-hydrogen) atoms. The molecule has 0 spiro atoms. The third-order valence-corrected chi connectivity index (χ3v) is 3.81. The van der Waals surface area contributed by atoms with Crippen LogP contribution < -0.4 is 15.2 Å². The van der Waals surface area contributed by atoms with Gasteiger partial charge in [0.2, 0.25) is 0 Å². The predicted molar refractivity (Wildman–Crippen MR) is 76.6 cm³/mol. The average molecular weight is 314 g/mol. The van der Waals surface area contributed by atoms with Crippen molar-refractivity contribution >= 4 is 15.9 Å². The maximum absolute atomic E-state index is 5.90. The summed E-state index contributed by atoms with van der Waals surface area (Å²) in [5, 5.41) is 0. The smallest absolute Gasteiger partial charge is 0.164 e. The van der Waals surface area contributed by atoms with Crippen molar-refractivity contribution in [3.05, 3.63) is 21.7 Å². The van der Waals surface area contributed by atoms with Gasteiger partial charge in [-0.2, -0.15) is 0 Å². The van der Waals surface area contributed by atoms with Gasteiger partial charge in [-0.05, 0) is 30.5 Å². The van der Waals surface area contributed by atoms with E-state index in [0.717, 1.165) is 35.4 Å². The number of nitrogens with two attached hydrogens (primary N) is 1. The molecule has 0 saturated heterocycles. The minimum absolute atomic E-state index is 0.388. The molecule has 0 bridgehead atoms. The Morgan fingerprint density at radius 2 is 2.06 bits per heavy atom. The zero-order chi connectivity index (χ0) is 13.1. The summed E-state index contributed by atoms with van der Waals surface area (Å²) in [7, 11) is 0. The lowest BCUT2D eigenvalue weighted by atomic mass is 9.93. The fourth-order valence-electron chi connectivity index (χ4n) is 2.35. The minimum Gasteiger partial charge on any atom is -0.490 e. The van der Waals surface area contributed by atoms with Gasteiger partial charge in [0.05, 0.1) is 13.2 Å². The van der Waals surface area contributed by atoms with Gasteiger partial charge in [-0.1, -0.05) is 29.8 Å². The number of fused-ring (bicyclic) bond motifs is 1. The normalized spacial score (nSPS) is 14.7. The highest BCUT2D eigenvalue weighted by molar-refractivity contribution is 9.10. The number of benzene rings is 1. The molecule has 1 aliphatic heterocycles. The van der Waals surface area contributed by atoms with Gasteiger partial charge in [0.15, 0.2) is 11.5 Å². The van der Waals surface area contributed by atoms with Crippen molar-refractivity contribution in [1.29, 1.82) is 0 Å². The number of hydrogen-bond acceptors (Lipinski definition) is 3. The van der Waals surface area contributed by atoms with Crippen LogP contribution in [0.3, 0.4) is 0 Å². The summed E-state index contributed by atoms with van der Waals surface area (Å²) in [4.78, 5) is 0. The van der Waals surface area contributed by atoms with Crippen molar-refractivity contribution in [1.82, 2.24) is 0 Å². The Hall–Kier alpha value is -0.740. The first-order valence-electron chi connectivity index (χ1n) is 6.46. The van der Waals surface area contributed by atoms with E-state index in [1.54, 1.807) is 0 Å². The molecule has 1 aliphatic rings. The van der Waals surface area contributed by atoms with Crippen LogP contribution in [0.25, 0.3) is 0 Å². The molecule has 1 aromatic carbocycles. The van der Waals surface area contributed by atoms with Gasteiger partial charge in [-0.25, -0.2) is 0 Å². The zero-order valence-corrected chi connectivity index (χ0v) is 12.5. The molecule has 0 aromatic heterocycles. The van der Waals surface area contributed by atoms with E-state index >= 15 is 0 Å². The molecule has 1 aromatic rings. The summed E-state index contributed by atoms with van der Waals surface area (Å²) in [5.74, 6) is 2.15. The van der Waals surface area contributed by atoms with Gasteiger partial charge in [0.1, 0.15) is 0 Å². The second kappa shape index (κ2) is 5.93. The van der Waals surface area contributed by atoms with E-state index in [2.05, 4.69) is 29.8 Å². The third kappa shape index (κ3) is 2.64. The van der Waals surface area contributed by atoms with Crippen molar-refractivity contribution < 1.29 is 9.47 Å². The topological polar surface area (TPSA) is 44.5 Å². The van der Waals surface area contributed by atoms with Gasteiger partial charge in [-0.15, -0.1) is 0 Å². The van der Waals surface area contributed by atoms with Crippen molar-refractivity contribution in [2.24, 2.45) is 5.73 Å². The number of rotatable bonds is 3. The summed E-state index contributed by atoms with van der Waals surface area (Å²) in [5.41, 5.74) is 8.19. The molecule has 0 atom stereocenters. The van der Waals surface area contributed by atoms with Crippen LogP contribution in [0.1, 0.15) is 37.3 Å². The van der Waals surface area contributed by atoms with Crippen LogP contribution in [-0.2, 0) is 6.42 Å². The summed E-state index contributed by atoms with van der Waals surface area (Å²) >= 11 is 3.63. The maximum Gasteiger partial charge on any atom is 0.164 e. The molecular formula is C14H20BrNO2. The fourth-order valence-corrected chi connectivity index (χ4v) is 2.97. The second-order valence-electron chi connectivity index (χ2n) is 4.82. The molecule has 0 aliphatic carbocycles. The van der Waals surface area contributed by atoms with Crippen LogP contribution in [-0.4, -0.2) is 19.8 Å². The van der Waals surface area contributed by atoms with Crippen LogP contribution in [0, 0.1) is 0 Å². The Morgan fingerprint density at radius 1 is 1.33 bits per heavy atom. The van der Waals surface area contributed by atoms with Crippen molar-refractivity contribution in [2.45, 2.75) is 32.6 Å². The van der Waals surface area contributed by atoms with Crippen molar-refractivity contribution in [3.8, 4) is 11.5 Å². The van der Waals surface area contributed by atoms with Crippen LogP contribution in [0.2, 0.25) is 0 Å². The molecule has 4 heteroatoms. The molecule has 2 N–H and O–H groups in total. The van der Waals surface area contributed by atoms with E-state index in [-0.39, 0.29) is 0 Å². The van der Waals surface area contributed by atoms with Gasteiger partial charge in [0, 0.05) is 16.5 Å². The highest BCUT2D eigenvalue weighted by Gasteiger charge is 2.22. The predicted octanol–water partition coefficient (Wildman–Crippen LogP) is 3.24.